The van der Waals surface area contributed by atoms with E-state index in [0.29, 0.717) is 0 Å². The van der Waals surface area contributed by atoms with E-state index in [1.54, 1.807) is 0 Å². The van der Waals surface area contributed by atoms with Crippen molar-refractivity contribution in [2.45, 2.75) is 63.5 Å². The van der Waals surface area contributed by atoms with Gasteiger partial charge in [-0.15, -0.1) is 0 Å². The lowest BCUT2D eigenvalue weighted by molar-refractivity contribution is -0.0991. The summed E-state index contributed by atoms with van der Waals surface area (Å²) in [5.41, 5.74) is -0.994. The van der Waals surface area contributed by atoms with Crippen LogP contribution < -0.4 is 0 Å². The van der Waals surface area contributed by atoms with E-state index in [2.05, 4.69) is 33.9 Å². The molecule has 0 aromatic rings. The van der Waals surface area contributed by atoms with E-state index in [1.165, 1.54) is 0 Å². The van der Waals surface area contributed by atoms with Crippen LogP contribution in [-0.2, 0) is 9.16 Å². The van der Waals surface area contributed by atoms with E-state index in [4.69, 9.17) is 17.0 Å². The van der Waals surface area contributed by atoms with Crippen molar-refractivity contribution in [3.8, 4) is 0 Å². The Morgan fingerprint density at radius 1 is 1.26 bits per heavy atom. The van der Waals surface area contributed by atoms with Crippen LogP contribution in [0.15, 0.2) is 0 Å². The lowest BCUT2D eigenvalue weighted by atomic mass is 9.83. The van der Waals surface area contributed by atoms with Gasteiger partial charge in [-0.2, -0.15) is 0 Å². The van der Waals surface area contributed by atoms with Gasteiger partial charge in [-0.25, -0.2) is 0 Å². The maximum atomic E-state index is 9.50. The molecular weight excluding hydrogens is 259 g/mol. The predicted molar refractivity (Wildman–Crippen MR) is 78.8 cm³/mol. The SMILES string of the molecule is [B][C@@H]1OC(CO)(CO)[C@H](C)C1O[Si](C)(C)C(C)(C)C. The summed E-state index contributed by atoms with van der Waals surface area (Å²) >= 11 is 0. The first-order valence-electron chi connectivity index (χ1n) is 6.84. The first-order valence-corrected chi connectivity index (χ1v) is 9.74. The molecule has 6 heteroatoms. The van der Waals surface area contributed by atoms with Gasteiger partial charge in [0.2, 0.25) is 0 Å². The standard InChI is InChI=1S/C13H27BO4Si/c1-9-10(18-19(5,6)12(2,3)4)11(14)17-13(9,7-15)8-16/h9-11,15-16H,7-8H2,1-6H3/t9-,10?,11-/m1/s1. The molecule has 0 aliphatic carbocycles. The van der Waals surface area contributed by atoms with E-state index in [9.17, 15) is 10.2 Å². The molecule has 1 fully saturated rings. The smallest absolute Gasteiger partial charge is 0.192 e. The Hall–Kier alpha value is 0.122. The number of hydrogen-bond acceptors (Lipinski definition) is 4. The van der Waals surface area contributed by atoms with Crippen molar-refractivity contribution >= 4 is 16.2 Å². The van der Waals surface area contributed by atoms with Crippen LogP contribution in [0.4, 0.5) is 0 Å². The van der Waals surface area contributed by atoms with E-state index in [0.717, 1.165) is 0 Å². The molecule has 4 nitrogen and oxygen atoms in total. The van der Waals surface area contributed by atoms with Crippen molar-refractivity contribution < 1.29 is 19.4 Å². The summed E-state index contributed by atoms with van der Waals surface area (Å²) in [6, 6.07) is -0.608. The summed E-state index contributed by atoms with van der Waals surface area (Å²) in [5.74, 6) is -0.147. The van der Waals surface area contributed by atoms with Crippen LogP contribution in [0.5, 0.6) is 0 Å². The van der Waals surface area contributed by atoms with Crippen molar-refractivity contribution in [1.29, 1.82) is 0 Å². The molecule has 1 aliphatic rings. The van der Waals surface area contributed by atoms with Crippen LogP contribution in [-0.4, -0.2) is 57.3 Å². The number of hydrogen-bond donors (Lipinski definition) is 2. The van der Waals surface area contributed by atoms with Crippen LogP contribution in [0.3, 0.4) is 0 Å². The number of aliphatic hydroxyl groups is 2. The minimum Gasteiger partial charge on any atom is -0.412 e. The molecule has 0 bridgehead atoms. The lowest BCUT2D eigenvalue weighted by Gasteiger charge is -2.40. The summed E-state index contributed by atoms with van der Waals surface area (Å²) < 4.78 is 11.9. The highest BCUT2D eigenvalue weighted by Gasteiger charge is 2.53. The van der Waals surface area contributed by atoms with Crippen LogP contribution in [0, 0.1) is 5.92 Å². The molecule has 0 saturated carbocycles. The van der Waals surface area contributed by atoms with Gasteiger partial charge in [0.1, 0.15) is 13.4 Å². The Morgan fingerprint density at radius 3 is 2.05 bits per heavy atom. The fourth-order valence-corrected chi connectivity index (χ4v) is 3.50. The quantitative estimate of drug-likeness (QED) is 0.764. The van der Waals surface area contributed by atoms with E-state index in [-0.39, 0.29) is 30.3 Å². The first-order chi connectivity index (χ1) is 8.50. The molecule has 1 saturated heterocycles. The highest BCUT2D eigenvalue weighted by Crippen LogP contribution is 2.43. The average molecular weight is 286 g/mol. The Bertz CT molecular complexity index is 312. The van der Waals surface area contributed by atoms with Crippen molar-refractivity contribution in [2.24, 2.45) is 5.92 Å². The lowest BCUT2D eigenvalue weighted by Crippen LogP contribution is -2.49. The summed E-state index contributed by atoms with van der Waals surface area (Å²) in [6.45, 7) is 12.2. The molecule has 0 aromatic carbocycles. The third-order valence-electron chi connectivity index (χ3n) is 4.79. The summed E-state index contributed by atoms with van der Waals surface area (Å²) in [4.78, 5) is 0. The molecule has 0 amide bonds. The molecule has 0 aromatic heterocycles. The van der Waals surface area contributed by atoms with Crippen molar-refractivity contribution in [2.75, 3.05) is 13.2 Å². The van der Waals surface area contributed by atoms with Gasteiger partial charge >= 0.3 is 0 Å². The van der Waals surface area contributed by atoms with Gasteiger partial charge in [-0.1, -0.05) is 27.7 Å². The Labute approximate surface area is 119 Å². The van der Waals surface area contributed by atoms with Crippen LogP contribution in [0.1, 0.15) is 27.7 Å². The summed E-state index contributed by atoms with van der Waals surface area (Å²) in [7, 11) is 4.03. The number of aliphatic hydroxyl groups excluding tert-OH is 2. The molecule has 110 valence electrons. The largest absolute Gasteiger partial charge is 0.412 e. The second kappa shape index (κ2) is 5.48. The Kier molecular flexibility index (Phi) is 4.96. The zero-order chi connectivity index (χ0) is 15.1. The number of ether oxygens (including phenoxy) is 1. The van der Waals surface area contributed by atoms with Gasteiger partial charge in [0.05, 0.1) is 19.3 Å². The fraction of sp³-hybridized carbons (Fsp3) is 1.00. The van der Waals surface area contributed by atoms with Crippen LogP contribution >= 0.6 is 0 Å². The van der Waals surface area contributed by atoms with Gasteiger partial charge < -0.3 is 19.4 Å². The zero-order valence-electron chi connectivity index (χ0n) is 12.9. The second-order valence-electron chi connectivity index (χ2n) is 7.09. The van der Waals surface area contributed by atoms with E-state index in [1.807, 2.05) is 6.92 Å². The summed E-state index contributed by atoms with van der Waals surface area (Å²) in [6.07, 6.45) is -0.291. The van der Waals surface area contributed by atoms with E-state index < -0.39 is 19.9 Å². The Morgan fingerprint density at radius 2 is 1.74 bits per heavy atom. The van der Waals surface area contributed by atoms with Crippen LogP contribution in [0.25, 0.3) is 0 Å². The molecule has 2 radical (unpaired) electrons. The van der Waals surface area contributed by atoms with Gasteiger partial charge in [-0.3, -0.25) is 0 Å². The monoisotopic (exact) mass is 286 g/mol. The topological polar surface area (TPSA) is 58.9 Å². The highest BCUT2D eigenvalue weighted by atomic mass is 28.4. The molecule has 3 atom stereocenters. The van der Waals surface area contributed by atoms with Gasteiger partial charge in [0.25, 0.3) is 0 Å². The molecule has 2 N–H and O–H groups in total. The minimum absolute atomic E-state index is 0.0795. The van der Waals surface area contributed by atoms with Crippen molar-refractivity contribution in [3.05, 3.63) is 0 Å². The third kappa shape index (κ3) is 3.08. The minimum atomic E-state index is -1.96. The molecule has 1 rings (SSSR count). The molecule has 1 aliphatic heterocycles. The second-order valence-corrected chi connectivity index (χ2v) is 11.9. The van der Waals surface area contributed by atoms with E-state index >= 15 is 0 Å². The zero-order valence-corrected chi connectivity index (χ0v) is 13.9. The van der Waals surface area contributed by atoms with Gasteiger partial charge in [0.15, 0.2) is 8.32 Å². The summed E-state index contributed by atoms with van der Waals surface area (Å²) in [5, 5.41) is 19.1. The highest BCUT2D eigenvalue weighted by molar-refractivity contribution is 6.74. The van der Waals surface area contributed by atoms with Crippen LogP contribution in [0.2, 0.25) is 18.1 Å². The molecule has 1 heterocycles. The maximum Gasteiger partial charge on any atom is 0.192 e. The predicted octanol–water partition coefficient (Wildman–Crippen LogP) is 1.26. The van der Waals surface area contributed by atoms with Gasteiger partial charge in [0, 0.05) is 11.9 Å². The first kappa shape index (κ1) is 17.2. The molecule has 1 unspecified atom stereocenters. The third-order valence-corrected chi connectivity index (χ3v) is 9.26. The molecule has 0 spiro atoms. The maximum absolute atomic E-state index is 9.50. The average Bonchev–Trinajstić information content (AvgIpc) is 2.52. The Balaban J connectivity index is 2.91. The van der Waals surface area contributed by atoms with Crippen molar-refractivity contribution in [1.82, 2.24) is 0 Å². The fourth-order valence-electron chi connectivity index (χ4n) is 2.13. The van der Waals surface area contributed by atoms with Crippen molar-refractivity contribution in [3.63, 3.8) is 0 Å². The molecule has 19 heavy (non-hydrogen) atoms. The van der Waals surface area contributed by atoms with Gasteiger partial charge in [-0.05, 0) is 18.1 Å². The number of rotatable bonds is 4. The molecular formula is C13H27BO4Si. The normalized spacial score (nSPS) is 31.7.